The van der Waals surface area contributed by atoms with Gasteiger partial charge in [0.2, 0.25) is 0 Å². The quantitative estimate of drug-likeness (QED) is 0.583. The first-order valence-electron chi connectivity index (χ1n) is 11.9. The van der Waals surface area contributed by atoms with Crippen molar-refractivity contribution in [2.24, 2.45) is 5.92 Å². The van der Waals surface area contributed by atoms with Crippen molar-refractivity contribution in [3.63, 3.8) is 0 Å². The maximum absolute atomic E-state index is 13.2. The van der Waals surface area contributed by atoms with E-state index in [1.54, 1.807) is 0 Å². The molecular formula is C28H31NO4. The fraction of sp³-hybridized carbons (Fsp3) is 0.429. The van der Waals surface area contributed by atoms with E-state index >= 15 is 0 Å². The normalized spacial score (nSPS) is 23.5. The molecule has 2 saturated heterocycles. The highest BCUT2D eigenvalue weighted by Gasteiger charge is 2.44. The van der Waals surface area contributed by atoms with Crippen molar-refractivity contribution in [3.05, 3.63) is 71.3 Å². The standard InChI is InChI=1S/C28H31NO4/c1-18(2)11-12-27(30)19-13-20-15-32-16-21(14-19)29(20)28(31)33-17-26-24-9-5-3-7-22(24)23-8-4-6-10-25(23)26/h3-11,19-21,26H,12-17H2,1-2H3. The number of rotatable bonds is 5. The van der Waals surface area contributed by atoms with Gasteiger partial charge in [-0.25, -0.2) is 4.79 Å². The third kappa shape index (κ3) is 4.22. The summed E-state index contributed by atoms with van der Waals surface area (Å²) in [6, 6.07) is 16.5. The highest BCUT2D eigenvalue weighted by Crippen LogP contribution is 2.44. The van der Waals surface area contributed by atoms with Gasteiger partial charge in [-0.2, -0.15) is 0 Å². The molecule has 1 amide bonds. The Bertz CT molecular complexity index is 1030. The Labute approximate surface area is 195 Å². The number of amides is 1. The molecule has 5 nitrogen and oxygen atoms in total. The summed E-state index contributed by atoms with van der Waals surface area (Å²) >= 11 is 0. The Hall–Kier alpha value is -2.92. The average molecular weight is 446 g/mol. The Kier molecular flexibility index (Phi) is 6.07. The maximum Gasteiger partial charge on any atom is 0.410 e. The van der Waals surface area contributed by atoms with Crippen LogP contribution >= 0.6 is 0 Å². The summed E-state index contributed by atoms with van der Waals surface area (Å²) in [6.07, 6.45) is 3.47. The Balaban J connectivity index is 1.27. The molecule has 1 aliphatic carbocycles. The molecule has 0 spiro atoms. The van der Waals surface area contributed by atoms with Crippen molar-refractivity contribution in [2.45, 2.75) is 51.1 Å². The number of carbonyl (C=O) groups excluding carboxylic acids is 2. The van der Waals surface area contributed by atoms with Crippen LogP contribution in [0.25, 0.3) is 11.1 Å². The second-order valence-corrected chi connectivity index (χ2v) is 9.68. The molecule has 2 unspecified atom stereocenters. The Morgan fingerprint density at radius 1 is 0.970 bits per heavy atom. The number of fused-ring (bicyclic) bond motifs is 5. The molecule has 5 rings (SSSR count). The number of benzene rings is 2. The summed E-state index contributed by atoms with van der Waals surface area (Å²) in [4.78, 5) is 27.8. The van der Waals surface area contributed by atoms with E-state index in [-0.39, 0.29) is 35.8 Å². The first-order chi connectivity index (χ1) is 16.0. The number of morpholine rings is 1. The van der Waals surface area contributed by atoms with Crippen LogP contribution in [0.1, 0.15) is 50.2 Å². The fourth-order valence-corrected chi connectivity index (χ4v) is 5.62. The lowest BCUT2D eigenvalue weighted by Crippen LogP contribution is -2.60. The number of Topliss-reactive ketones (excluding diaryl/α,β-unsaturated/α-hetero) is 1. The molecule has 0 radical (unpaired) electrons. The Morgan fingerprint density at radius 3 is 2.12 bits per heavy atom. The number of carbonyl (C=O) groups is 2. The van der Waals surface area contributed by atoms with Gasteiger partial charge in [0.1, 0.15) is 12.4 Å². The molecule has 0 saturated carbocycles. The van der Waals surface area contributed by atoms with Crippen LogP contribution in [0.2, 0.25) is 0 Å². The summed E-state index contributed by atoms with van der Waals surface area (Å²) < 4.78 is 11.7. The van der Waals surface area contributed by atoms with Crippen LogP contribution in [0.4, 0.5) is 4.79 Å². The summed E-state index contributed by atoms with van der Waals surface area (Å²) in [7, 11) is 0. The van der Waals surface area contributed by atoms with Gasteiger partial charge in [-0.15, -0.1) is 0 Å². The van der Waals surface area contributed by atoms with Crippen LogP contribution in [-0.4, -0.2) is 48.7 Å². The van der Waals surface area contributed by atoms with E-state index in [4.69, 9.17) is 9.47 Å². The summed E-state index contributed by atoms with van der Waals surface area (Å²) in [5.41, 5.74) is 6.00. The second-order valence-electron chi connectivity index (χ2n) is 9.68. The zero-order chi connectivity index (χ0) is 22.9. The Morgan fingerprint density at radius 2 is 1.55 bits per heavy atom. The molecule has 2 fully saturated rings. The third-order valence-electron chi connectivity index (χ3n) is 7.23. The van der Waals surface area contributed by atoms with E-state index in [0.717, 1.165) is 5.57 Å². The molecule has 2 bridgehead atoms. The molecule has 33 heavy (non-hydrogen) atoms. The van der Waals surface area contributed by atoms with Gasteiger partial charge in [0.15, 0.2) is 0 Å². The molecule has 0 aromatic heterocycles. The van der Waals surface area contributed by atoms with Gasteiger partial charge in [-0.1, -0.05) is 60.2 Å². The molecule has 3 aliphatic rings. The minimum Gasteiger partial charge on any atom is -0.448 e. The van der Waals surface area contributed by atoms with E-state index in [0.29, 0.717) is 39.1 Å². The lowest BCUT2D eigenvalue weighted by Gasteiger charge is -2.47. The molecule has 2 heterocycles. The number of hydrogen-bond donors (Lipinski definition) is 0. The molecule has 2 aromatic carbocycles. The van der Waals surface area contributed by atoms with Crippen molar-refractivity contribution < 1.29 is 19.1 Å². The first kappa shape index (κ1) is 21.9. The first-order valence-corrected chi connectivity index (χ1v) is 11.9. The monoisotopic (exact) mass is 445 g/mol. The van der Waals surface area contributed by atoms with Crippen molar-refractivity contribution in [1.82, 2.24) is 4.90 Å². The largest absolute Gasteiger partial charge is 0.448 e. The molecule has 2 aromatic rings. The summed E-state index contributed by atoms with van der Waals surface area (Å²) in [6.45, 7) is 5.26. The molecule has 0 N–H and O–H groups in total. The number of allylic oxidation sites excluding steroid dienone is 2. The number of ether oxygens (including phenoxy) is 2. The average Bonchev–Trinajstić information content (AvgIpc) is 3.14. The van der Waals surface area contributed by atoms with Crippen LogP contribution in [0.15, 0.2) is 60.2 Å². The van der Waals surface area contributed by atoms with E-state index in [1.165, 1.54) is 22.3 Å². The maximum atomic E-state index is 13.2. The number of hydrogen-bond acceptors (Lipinski definition) is 4. The fourth-order valence-electron chi connectivity index (χ4n) is 5.62. The van der Waals surface area contributed by atoms with Gasteiger partial charge < -0.3 is 9.47 Å². The summed E-state index contributed by atoms with van der Waals surface area (Å²) in [5, 5.41) is 0. The number of ketones is 1. The topological polar surface area (TPSA) is 55.8 Å². The molecule has 2 atom stereocenters. The molecule has 172 valence electrons. The van der Waals surface area contributed by atoms with Crippen LogP contribution < -0.4 is 0 Å². The lowest BCUT2D eigenvalue weighted by atomic mass is 9.82. The molecular weight excluding hydrogens is 414 g/mol. The van der Waals surface area contributed by atoms with Gasteiger partial charge in [0, 0.05) is 18.3 Å². The van der Waals surface area contributed by atoms with Crippen LogP contribution in [-0.2, 0) is 14.3 Å². The predicted octanol–water partition coefficient (Wildman–Crippen LogP) is 5.34. The van der Waals surface area contributed by atoms with Crippen molar-refractivity contribution in [3.8, 4) is 11.1 Å². The minimum absolute atomic E-state index is 0.0165. The highest BCUT2D eigenvalue weighted by molar-refractivity contribution is 5.83. The smallest absolute Gasteiger partial charge is 0.410 e. The van der Waals surface area contributed by atoms with Gasteiger partial charge >= 0.3 is 6.09 Å². The van der Waals surface area contributed by atoms with Gasteiger partial charge in [0.25, 0.3) is 0 Å². The summed E-state index contributed by atoms with van der Waals surface area (Å²) in [5.74, 6) is 0.290. The molecule has 2 aliphatic heterocycles. The second kappa shape index (κ2) is 9.14. The SMILES string of the molecule is CC(C)=CCC(=O)C1CC2COCC(C1)N2C(=O)OCC1c2ccccc2-c2ccccc21. The highest BCUT2D eigenvalue weighted by atomic mass is 16.6. The van der Waals surface area contributed by atoms with Crippen LogP contribution in [0, 0.1) is 5.92 Å². The van der Waals surface area contributed by atoms with E-state index in [1.807, 2.05) is 49.1 Å². The van der Waals surface area contributed by atoms with Crippen molar-refractivity contribution >= 4 is 11.9 Å². The predicted molar refractivity (Wildman–Crippen MR) is 127 cm³/mol. The zero-order valence-corrected chi connectivity index (χ0v) is 19.3. The lowest BCUT2D eigenvalue weighted by molar-refractivity contribution is -0.130. The van der Waals surface area contributed by atoms with Crippen molar-refractivity contribution in [1.29, 1.82) is 0 Å². The minimum atomic E-state index is -0.287. The van der Waals surface area contributed by atoms with Crippen molar-refractivity contribution in [2.75, 3.05) is 19.8 Å². The van der Waals surface area contributed by atoms with Crippen LogP contribution in [0.3, 0.4) is 0 Å². The van der Waals surface area contributed by atoms with Crippen LogP contribution in [0.5, 0.6) is 0 Å². The van der Waals surface area contributed by atoms with Gasteiger partial charge in [-0.3, -0.25) is 9.69 Å². The number of nitrogens with zero attached hydrogens (tertiary/aromatic N) is 1. The number of piperidine rings is 1. The van der Waals surface area contributed by atoms with Gasteiger partial charge in [0.05, 0.1) is 25.3 Å². The third-order valence-corrected chi connectivity index (χ3v) is 7.23. The van der Waals surface area contributed by atoms with E-state index in [9.17, 15) is 9.59 Å². The molecule has 5 heteroatoms. The van der Waals surface area contributed by atoms with Gasteiger partial charge in [-0.05, 0) is 48.9 Å². The van der Waals surface area contributed by atoms with E-state index < -0.39 is 0 Å². The van der Waals surface area contributed by atoms with E-state index in [2.05, 4.69) is 24.3 Å². The zero-order valence-electron chi connectivity index (χ0n) is 19.3.